The van der Waals surface area contributed by atoms with Gasteiger partial charge in [-0.2, -0.15) is 0 Å². The molecule has 1 aromatic heterocycles. The molecule has 0 amide bonds. The Labute approximate surface area is 171 Å². The van der Waals surface area contributed by atoms with Crippen LogP contribution in [-0.2, 0) is 22.6 Å². The van der Waals surface area contributed by atoms with Crippen molar-refractivity contribution in [3.8, 4) is 16.9 Å². The summed E-state index contributed by atoms with van der Waals surface area (Å²) in [5, 5.41) is 0.147. The fourth-order valence-corrected chi connectivity index (χ4v) is 3.65. The molecule has 0 saturated heterocycles. The summed E-state index contributed by atoms with van der Waals surface area (Å²) in [6, 6.07) is 2.33. The summed E-state index contributed by atoms with van der Waals surface area (Å²) in [6.45, 7) is 5.91. The molecular formula is C19H21Cl2FN2O4. The SMILES string of the molecule is CC(C)(C)OC(=O)COc1cc(-c2c(Cl)n3n(c2=O)CCCC3)c(F)cc1Cl. The first-order valence-corrected chi connectivity index (χ1v) is 9.67. The van der Waals surface area contributed by atoms with E-state index in [1.54, 1.807) is 25.5 Å². The number of rotatable bonds is 4. The summed E-state index contributed by atoms with van der Waals surface area (Å²) in [7, 11) is 0. The summed E-state index contributed by atoms with van der Waals surface area (Å²) >= 11 is 12.4. The van der Waals surface area contributed by atoms with E-state index < -0.39 is 24.0 Å². The minimum Gasteiger partial charge on any atom is -0.480 e. The van der Waals surface area contributed by atoms with Crippen molar-refractivity contribution in [2.75, 3.05) is 6.61 Å². The molecule has 0 bridgehead atoms. The molecule has 0 spiro atoms. The van der Waals surface area contributed by atoms with Gasteiger partial charge in [-0.15, -0.1) is 0 Å². The third-order valence-electron chi connectivity index (χ3n) is 4.22. The lowest BCUT2D eigenvalue weighted by Gasteiger charge is -2.19. The molecule has 152 valence electrons. The second kappa shape index (κ2) is 7.79. The molecule has 0 radical (unpaired) electrons. The molecule has 2 heterocycles. The van der Waals surface area contributed by atoms with Crippen molar-refractivity contribution in [1.29, 1.82) is 0 Å². The van der Waals surface area contributed by atoms with Gasteiger partial charge in [-0.05, 0) is 45.7 Å². The number of esters is 1. The predicted molar refractivity (Wildman–Crippen MR) is 105 cm³/mol. The Hall–Kier alpha value is -1.99. The molecular weight excluding hydrogens is 410 g/mol. The zero-order valence-corrected chi connectivity index (χ0v) is 17.4. The lowest BCUT2D eigenvalue weighted by Crippen LogP contribution is -2.27. The Morgan fingerprint density at radius 2 is 1.82 bits per heavy atom. The number of aromatic nitrogens is 2. The van der Waals surface area contributed by atoms with Crippen molar-refractivity contribution in [2.24, 2.45) is 0 Å². The molecule has 0 aliphatic carbocycles. The third kappa shape index (κ3) is 4.20. The highest BCUT2D eigenvalue weighted by molar-refractivity contribution is 6.33. The summed E-state index contributed by atoms with van der Waals surface area (Å²) in [5.74, 6) is -1.22. The average Bonchev–Trinajstić information content (AvgIpc) is 2.85. The Balaban J connectivity index is 1.94. The van der Waals surface area contributed by atoms with Crippen LogP contribution in [0.4, 0.5) is 4.39 Å². The largest absolute Gasteiger partial charge is 0.480 e. The van der Waals surface area contributed by atoms with E-state index in [9.17, 15) is 14.0 Å². The molecule has 0 unspecified atom stereocenters. The highest BCUT2D eigenvalue weighted by atomic mass is 35.5. The van der Waals surface area contributed by atoms with E-state index in [1.807, 2.05) is 0 Å². The minimum absolute atomic E-state index is 0.0204. The molecule has 1 aliphatic rings. The maximum atomic E-state index is 14.6. The van der Waals surface area contributed by atoms with Gasteiger partial charge in [-0.3, -0.25) is 9.48 Å². The van der Waals surface area contributed by atoms with Gasteiger partial charge < -0.3 is 9.47 Å². The zero-order valence-electron chi connectivity index (χ0n) is 15.9. The number of hydrogen-bond donors (Lipinski definition) is 0. The number of benzene rings is 1. The maximum absolute atomic E-state index is 14.6. The predicted octanol–water partition coefficient (Wildman–Crippen LogP) is 4.28. The van der Waals surface area contributed by atoms with Gasteiger partial charge in [0.1, 0.15) is 22.3 Å². The van der Waals surface area contributed by atoms with E-state index in [4.69, 9.17) is 32.7 Å². The van der Waals surface area contributed by atoms with Crippen LogP contribution in [0.1, 0.15) is 33.6 Å². The molecule has 9 heteroatoms. The van der Waals surface area contributed by atoms with Gasteiger partial charge in [0, 0.05) is 18.7 Å². The van der Waals surface area contributed by atoms with Crippen LogP contribution in [0, 0.1) is 5.82 Å². The average molecular weight is 431 g/mol. The molecule has 0 atom stereocenters. The molecule has 28 heavy (non-hydrogen) atoms. The van der Waals surface area contributed by atoms with Crippen LogP contribution in [0.3, 0.4) is 0 Å². The number of carbonyl (C=O) groups is 1. The van der Waals surface area contributed by atoms with Crippen LogP contribution in [-0.4, -0.2) is 27.5 Å². The number of halogens is 3. The number of ether oxygens (including phenoxy) is 2. The molecule has 0 saturated carbocycles. The Kier molecular flexibility index (Phi) is 5.77. The van der Waals surface area contributed by atoms with Gasteiger partial charge in [0.05, 0.1) is 10.6 Å². The molecule has 0 N–H and O–H groups in total. The van der Waals surface area contributed by atoms with Crippen LogP contribution in [0.2, 0.25) is 10.2 Å². The number of carbonyl (C=O) groups excluding carboxylic acids is 1. The van der Waals surface area contributed by atoms with Crippen molar-refractivity contribution in [1.82, 2.24) is 9.36 Å². The molecule has 2 aromatic rings. The zero-order chi connectivity index (χ0) is 20.6. The Morgan fingerprint density at radius 3 is 2.43 bits per heavy atom. The Bertz CT molecular complexity index is 976. The summed E-state index contributed by atoms with van der Waals surface area (Å²) in [4.78, 5) is 24.6. The molecule has 3 rings (SSSR count). The quantitative estimate of drug-likeness (QED) is 0.679. The highest BCUT2D eigenvalue weighted by Gasteiger charge is 2.25. The van der Waals surface area contributed by atoms with Crippen LogP contribution in [0.15, 0.2) is 16.9 Å². The van der Waals surface area contributed by atoms with Gasteiger partial charge in [0.2, 0.25) is 0 Å². The lowest BCUT2D eigenvalue weighted by atomic mass is 10.1. The van der Waals surface area contributed by atoms with Crippen LogP contribution in [0.5, 0.6) is 5.75 Å². The first kappa shape index (κ1) is 20.7. The topological polar surface area (TPSA) is 62.5 Å². The number of fused-ring (bicyclic) bond motifs is 1. The van der Waals surface area contributed by atoms with Gasteiger partial charge in [0.25, 0.3) is 5.56 Å². The number of nitrogens with zero attached hydrogens (tertiary/aromatic N) is 2. The maximum Gasteiger partial charge on any atom is 0.344 e. The van der Waals surface area contributed by atoms with Crippen LogP contribution < -0.4 is 10.3 Å². The third-order valence-corrected chi connectivity index (χ3v) is 4.90. The van der Waals surface area contributed by atoms with Gasteiger partial charge in [-0.1, -0.05) is 23.2 Å². The van der Waals surface area contributed by atoms with E-state index in [1.165, 1.54) is 10.7 Å². The highest BCUT2D eigenvalue weighted by Crippen LogP contribution is 2.35. The fraction of sp³-hybridized carbons (Fsp3) is 0.474. The van der Waals surface area contributed by atoms with Gasteiger partial charge >= 0.3 is 5.97 Å². The van der Waals surface area contributed by atoms with E-state index in [2.05, 4.69) is 0 Å². The molecule has 6 nitrogen and oxygen atoms in total. The summed E-state index contributed by atoms with van der Waals surface area (Å²) in [6.07, 6.45) is 1.74. The van der Waals surface area contributed by atoms with Gasteiger partial charge in [0.15, 0.2) is 6.61 Å². The van der Waals surface area contributed by atoms with Crippen molar-refractivity contribution < 1.29 is 18.7 Å². The lowest BCUT2D eigenvalue weighted by molar-refractivity contribution is -0.157. The van der Waals surface area contributed by atoms with Crippen LogP contribution >= 0.6 is 23.2 Å². The standard InChI is InChI=1S/C19H21Cl2FN2O4/c1-19(2,3)28-15(25)10-27-14-8-11(13(22)9-12(14)20)16-17(21)23-6-4-5-7-24(23)18(16)26/h8-9H,4-7,10H2,1-3H3. The van der Waals surface area contributed by atoms with Crippen molar-refractivity contribution >= 4 is 29.2 Å². The van der Waals surface area contributed by atoms with Crippen molar-refractivity contribution in [3.05, 3.63) is 38.5 Å². The minimum atomic E-state index is -0.697. The first-order valence-electron chi connectivity index (χ1n) is 8.91. The van der Waals surface area contributed by atoms with Crippen molar-refractivity contribution in [3.63, 3.8) is 0 Å². The second-order valence-electron chi connectivity index (χ2n) is 7.56. The number of hydrogen-bond acceptors (Lipinski definition) is 4. The van der Waals surface area contributed by atoms with E-state index in [0.717, 1.165) is 18.9 Å². The van der Waals surface area contributed by atoms with Crippen molar-refractivity contribution in [2.45, 2.75) is 52.3 Å². The molecule has 1 aromatic carbocycles. The van der Waals surface area contributed by atoms with Gasteiger partial charge in [-0.25, -0.2) is 13.9 Å². The fourth-order valence-electron chi connectivity index (χ4n) is 3.09. The summed E-state index contributed by atoms with van der Waals surface area (Å²) in [5.41, 5.74) is -0.997. The monoisotopic (exact) mass is 430 g/mol. The van der Waals surface area contributed by atoms with E-state index in [-0.39, 0.29) is 32.6 Å². The van der Waals surface area contributed by atoms with E-state index in [0.29, 0.717) is 13.1 Å². The Morgan fingerprint density at radius 1 is 1.18 bits per heavy atom. The first-order chi connectivity index (χ1) is 13.1. The molecule has 1 aliphatic heterocycles. The van der Waals surface area contributed by atoms with Crippen LogP contribution in [0.25, 0.3) is 11.1 Å². The smallest absolute Gasteiger partial charge is 0.344 e. The summed E-state index contributed by atoms with van der Waals surface area (Å²) < 4.78 is 28.4. The van der Waals surface area contributed by atoms with E-state index >= 15 is 0 Å². The molecule has 0 fully saturated rings. The normalized spacial score (nSPS) is 13.9. The second-order valence-corrected chi connectivity index (χ2v) is 8.33.